The van der Waals surface area contributed by atoms with Crippen molar-refractivity contribution in [1.82, 2.24) is 9.97 Å². The van der Waals surface area contributed by atoms with Crippen molar-refractivity contribution in [2.75, 3.05) is 25.8 Å². The number of rotatable bonds is 6. The molecule has 2 aromatic carbocycles. The lowest BCUT2D eigenvalue weighted by Crippen LogP contribution is -2.04. The zero-order valence-corrected chi connectivity index (χ0v) is 18.8. The van der Waals surface area contributed by atoms with Gasteiger partial charge in [-0.2, -0.15) is 5.26 Å². The summed E-state index contributed by atoms with van der Waals surface area (Å²) in [6, 6.07) is 13.6. The van der Waals surface area contributed by atoms with Gasteiger partial charge < -0.3 is 14.8 Å². The van der Waals surface area contributed by atoms with Gasteiger partial charge in [0.25, 0.3) is 0 Å². The van der Waals surface area contributed by atoms with Crippen molar-refractivity contribution < 1.29 is 9.47 Å². The van der Waals surface area contributed by atoms with Crippen LogP contribution in [0.3, 0.4) is 0 Å². The largest absolute Gasteiger partial charge is 0.493 e. The highest BCUT2D eigenvalue weighted by atomic mass is 79.9. The lowest BCUT2D eigenvalue weighted by Gasteiger charge is -2.15. The van der Waals surface area contributed by atoms with Crippen LogP contribution in [0, 0.1) is 18.3 Å². The molecule has 0 bridgehead atoms. The summed E-state index contributed by atoms with van der Waals surface area (Å²) in [5.74, 6) is 1.64. The Labute approximate surface area is 182 Å². The molecular formula is C21H19BrN4O2S. The first-order valence-electron chi connectivity index (χ1n) is 8.62. The van der Waals surface area contributed by atoms with Crippen LogP contribution in [-0.4, -0.2) is 30.4 Å². The minimum Gasteiger partial charge on any atom is -0.493 e. The fourth-order valence-corrected chi connectivity index (χ4v) is 3.66. The van der Waals surface area contributed by atoms with Gasteiger partial charge in [-0.1, -0.05) is 27.7 Å². The molecule has 0 saturated carbocycles. The van der Waals surface area contributed by atoms with E-state index in [1.165, 1.54) is 11.8 Å². The number of thioether (sulfide) groups is 1. The molecule has 0 amide bonds. The Bertz CT molecular complexity index is 1100. The molecule has 29 heavy (non-hydrogen) atoms. The van der Waals surface area contributed by atoms with Crippen molar-refractivity contribution >= 4 is 39.2 Å². The average molecular weight is 471 g/mol. The lowest BCUT2D eigenvalue weighted by atomic mass is 10.1. The van der Waals surface area contributed by atoms with Crippen LogP contribution < -0.4 is 14.8 Å². The summed E-state index contributed by atoms with van der Waals surface area (Å²) < 4.78 is 11.7. The maximum absolute atomic E-state index is 9.90. The molecule has 0 aliphatic rings. The van der Waals surface area contributed by atoms with E-state index in [4.69, 9.17) is 9.47 Å². The third kappa shape index (κ3) is 4.47. The maximum Gasteiger partial charge on any atom is 0.189 e. The predicted molar refractivity (Wildman–Crippen MR) is 119 cm³/mol. The number of halogens is 1. The third-order valence-corrected chi connectivity index (χ3v) is 5.32. The molecule has 3 rings (SSSR count). The minimum atomic E-state index is 0.359. The quantitative estimate of drug-likeness (QED) is 0.372. The van der Waals surface area contributed by atoms with Crippen molar-refractivity contribution in [2.24, 2.45) is 0 Å². The zero-order valence-electron chi connectivity index (χ0n) is 16.4. The standard InChI is InChI=1S/C21H19BrN4O2S/c1-12-9-14(22)6-7-16(12)24-20-15(11-23)19(25-21(26-20)29-4)13-5-8-17(27-2)18(10-13)28-3/h5-10H,1-4H3,(H,24,25,26). The second-order valence-electron chi connectivity index (χ2n) is 6.05. The monoisotopic (exact) mass is 470 g/mol. The Kier molecular flexibility index (Phi) is 6.62. The van der Waals surface area contributed by atoms with Crippen LogP contribution in [0.25, 0.3) is 11.3 Å². The number of ether oxygens (including phenoxy) is 2. The summed E-state index contributed by atoms with van der Waals surface area (Å²) in [5, 5.41) is 13.8. The third-order valence-electron chi connectivity index (χ3n) is 4.28. The maximum atomic E-state index is 9.90. The van der Waals surface area contributed by atoms with Crippen LogP contribution in [0.1, 0.15) is 11.1 Å². The van der Waals surface area contributed by atoms with Crippen molar-refractivity contribution in [3.63, 3.8) is 0 Å². The van der Waals surface area contributed by atoms with Crippen LogP contribution in [0.4, 0.5) is 11.5 Å². The first kappa shape index (κ1) is 21.0. The SMILES string of the molecule is COc1ccc(-c2nc(SC)nc(Nc3ccc(Br)cc3C)c2C#N)cc1OC. The van der Waals surface area contributed by atoms with Gasteiger partial charge in [0, 0.05) is 15.7 Å². The molecule has 0 spiro atoms. The second kappa shape index (κ2) is 9.16. The van der Waals surface area contributed by atoms with Gasteiger partial charge >= 0.3 is 0 Å². The molecule has 0 fully saturated rings. The molecule has 148 valence electrons. The number of aromatic nitrogens is 2. The smallest absolute Gasteiger partial charge is 0.189 e. The molecular weight excluding hydrogens is 452 g/mol. The molecule has 0 atom stereocenters. The van der Waals surface area contributed by atoms with Crippen LogP contribution in [0.5, 0.6) is 11.5 Å². The van der Waals surface area contributed by atoms with Gasteiger partial charge in [0.15, 0.2) is 22.5 Å². The van der Waals surface area contributed by atoms with Crippen LogP contribution in [0.15, 0.2) is 46.0 Å². The topological polar surface area (TPSA) is 80.1 Å². The van der Waals surface area contributed by atoms with Gasteiger partial charge in [-0.05, 0) is 55.1 Å². The normalized spacial score (nSPS) is 10.3. The van der Waals surface area contributed by atoms with E-state index in [1.54, 1.807) is 26.4 Å². The van der Waals surface area contributed by atoms with Gasteiger partial charge in [0.1, 0.15) is 11.6 Å². The molecule has 0 saturated heterocycles. The Morgan fingerprint density at radius 1 is 1.07 bits per heavy atom. The number of aryl methyl sites for hydroxylation is 1. The van der Waals surface area contributed by atoms with E-state index in [0.29, 0.717) is 33.7 Å². The van der Waals surface area contributed by atoms with Gasteiger partial charge in [-0.25, -0.2) is 9.97 Å². The summed E-state index contributed by atoms with van der Waals surface area (Å²) >= 11 is 4.88. The van der Waals surface area contributed by atoms with Crippen molar-refractivity contribution in [3.05, 3.63) is 52.0 Å². The second-order valence-corrected chi connectivity index (χ2v) is 7.74. The van der Waals surface area contributed by atoms with Crippen LogP contribution in [-0.2, 0) is 0 Å². The van der Waals surface area contributed by atoms with Gasteiger partial charge in [0.2, 0.25) is 0 Å². The van der Waals surface area contributed by atoms with E-state index >= 15 is 0 Å². The molecule has 0 unspecified atom stereocenters. The van der Waals surface area contributed by atoms with E-state index < -0.39 is 0 Å². The molecule has 0 aliphatic carbocycles. The first-order valence-corrected chi connectivity index (χ1v) is 10.6. The zero-order chi connectivity index (χ0) is 21.0. The minimum absolute atomic E-state index is 0.359. The number of anilines is 2. The predicted octanol–water partition coefficient (Wildman–Crippen LogP) is 5.57. The summed E-state index contributed by atoms with van der Waals surface area (Å²) in [7, 11) is 3.15. The van der Waals surface area contributed by atoms with Crippen LogP contribution in [0.2, 0.25) is 0 Å². The van der Waals surface area contributed by atoms with E-state index in [9.17, 15) is 5.26 Å². The lowest BCUT2D eigenvalue weighted by molar-refractivity contribution is 0.355. The summed E-state index contributed by atoms with van der Waals surface area (Å²) in [4.78, 5) is 9.12. The van der Waals surface area contributed by atoms with Crippen LogP contribution >= 0.6 is 27.7 Å². The molecule has 6 nitrogen and oxygen atoms in total. The van der Waals surface area contributed by atoms with Gasteiger partial charge in [-0.15, -0.1) is 0 Å². The number of nitrogens with zero attached hydrogens (tertiary/aromatic N) is 3. The molecule has 3 aromatic rings. The Balaban J connectivity index is 2.16. The fraction of sp³-hybridized carbons (Fsp3) is 0.190. The number of benzene rings is 2. The number of hydrogen-bond donors (Lipinski definition) is 1. The summed E-state index contributed by atoms with van der Waals surface area (Å²) in [6.45, 7) is 1.99. The van der Waals surface area contributed by atoms with E-state index in [0.717, 1.165) is 21.3 Å². The Morgan fingerprint density at radius 3 is 2.45 bits per heavy atom. The Morgan fingerprint density at radius 2 is 1.83 bits per heavy atom. The molecule has 1 heterocycles. The van der Waals surface area contributed by atoms with E-state index in [2.05, 4.69) is 37.3 Å². The number of methoxy groups -OCH3 is 2. The number of hydrogen-bond acceptors (Lipinski definition) is 7. The fourth-order valence-electron chi connectivity index (χ4n) is 2.82. The molecule has 1 N–H and O–H groups in total. The first-order chi connectivity index (χ1) is 14.0. The summed E-state index contributed by atoms with van der Waals surface area (Å²) in [5.41, 5.74) is 3.53. The number of nitrogens with one attached hydrogen (secondary N) is 1. The average Bonchev–Trinajstić information content (AvgIpc) is 2.74. The molecule has 0 aliphatic heterocycles. The van der Waals surface area contributed by atoms with Crippen molar-refractivity contribution in [2.45, 2.75) is 12.1 Å². The van der Waals surface area contributed by atoms with Gasteiger partial charge in [0.05, 0.1) is 19.9 Å². The van der Waals surface area contributed by atoms with E-state index in [-0.39, 0.29) is 0 Å². The highest BCUT2D eigenvalue weighted by molar-refractivity contribution is 9.10. The highest BCUT2D eigenvalue weighted by Gasteiger charge is 2.18. The number of nitriles is 1. The van der Waals surface area contributed by atoms with Gasteiger partial charge in [-0.3, -0.25) is 0 Å². The summed E-state index contributed by atoms with van der Waals surface area (Å²) in [6.07, 6.45) is 1.90. The van der Waals surface area contributed by atoms with E-state index in [1.807, 2.05) is 37.4 Å². The highest BCUT2D eigenvalue weighted by Crippen LogP contribution is 2.36. The van der Waals surface area contributed by atoms with Crippen molar-refractivity contribution in [1.29, 1.82) is 5.26 Å². The van der Waals surface area contributed by atoms with Crippen molar-refractivity contribution in [3.8, 4) is 28.8 Å². The molecule has 8 heteroatoms. The molecule has 1 aromatic heterocycles. The molecule has 0 radical (unpaired) electrons. The Hall–Kier alpha value is -2.76.